The summed E-state index contributed by atoms with van der Waals surface area (Å²) in [7, 11) is 2.68. The first-order valence-corrected chi connectivity index (χ1v) is 11.7. The fraction of sp³-hybridized carbons (Fsp3) is 0.240. The monoisotopic (exact) mass is 559 g/mol. The number of imidazole rings is 1. The van der Waals surface area contributed by atoms with Crippen molar-refractivity contribution < 1.29 is 33.7 Å². The van der Waals surface area contributed by atoms with E-state index in [-0.39, 0.29) is 39.4 Å². The summed E-state index contributed by atoms with van der Waals surface area (Å²) in [6.45, 7) is 0.726. The van der Waals surface area contributed by atoms with Crippen molar-refractivity contribution in [1.29, 1.82) is 0 Å². The topological polar surface area (TPSA) is 114 Å². The maximum atomic E-state index is 14.4. The third-order valence-corrected chi connectivity index (χ3v) is 6.53. The normalized spacial score (nSPS) is 17.0. The van der Waals surface area contributed by atoms with Crippen LogP contribution in [-0.2, 0) is 16.1 Å². The number of aliphatic hydroxyl groups excluding tert-OH is 1. The third kappa shape index (κ3) is 4.66. The molecule has 0 saturated carbocycles. The molecule has 1 aliphatic heterocycles. The molecule has 2 heterocycles. The highest BCUT2D eigenvalue weighted by Crippen LogP contribution is 2.44. The van der Waals surface area contributed by atoms with Crippen LogP contribution in [0.2, 0.25) is 0 Å². The van der Waals surface area contributed by atoms with Crippen molar-refractivity contribution in [3.63, 3.8) is 0 Å². The summed E-state index contributed by atoms with van der Waals surface area (Å²) in [5.74, 6) is -3.05. The molecule has 9 nitrogen and oxygen atoms in total. The second kappa shape index (κ2) is 10.4. The highest BCUT2D eigenvalue weighted by molar-refractivity contribution is 9.10. The Bertz CT molecular complexity index is 1340. The summed E-state index contributed by atoms with van der Waals surface area (Å²) in [4.78, 5) is 31.7. The van der Waals surface area contributed by atoms with Gasteiger partial charge in [0.15, 0.2) is 23.1 Å². The summed E-state index contributed by atoms with van der Waals surface area (Å²) in [6, 6.07) is 5.77. The highest BCUT2D eigenvalue weighted by Gasteiger charge is 2.46. The van der Waals surface area contributed by atoms with Crippen LogP contribution in [0.15, 0.2) is 59.1 Å². The van der Waals surface area contributed by atoms with Crippen molar-refractivity contribution >= 4 is 33.4 Å². The number of phenols is 1. The third-order valence-electron chi connectivity index (χ3n) is 5.93. The van der Waals surface area contributed by atoms with Gasteiger partial charge in [-0.15, -0.1) is 0 Å². The Kier molecular flexibility index (Phi) is 7.30. The maximum absolute atomic E-state index is 14.4. The molecule has 1 aliphatic rings. The van der Waals surface area contributed by atoms with E-state index < -0.39 is 29.3 Å². The molecule has 1 fully saturated rings. The van der Waals surface area contributed by atoms with Gasteiger partial charge in [0.2, 0.25) is 0 Å². The molecule has 0 spiro atoms. The Morgan fingerprint density at radius 2 is 1.89 bits per heavy atom. The largest absolute Gasteiger partial charge is 0.507 e. The number of carbonyl (C=O) groups is 2. The number of benzene rings is 2. The van der Waals surface area contributed by atoms with Crippen LogP contribution in [0.25, 0.3) is 5.76 Å². The molecule has 4 rings (SSSR count). The Labute approximate surface area is 214 Å². The number of rotatable bonds is 8. The number of ether oxygens (including phenoxy) is 2. The van der Waals surface area contributed by atoms with E-state index in [1.807, 2.05) is 4.57 Å². The summed E-state index contributed by atoms with van der Waals surface area (Å²) in [6.07, 6.45) is 5.56. The number of aromatic hydroxyl groups is 1. The SMILES string of the molecule is COc1ccc(C(O)=C2C(=O)C(=O)N(CCCn3ccnc3)[C@H]2c2cc(Br)c(O)c(OC)c2)cc1F. The first kappa shape index (κ1) is 25.2. The molecule has 188 valence electrons. The van der Waals surface area contributed by atoms with Gasteiger partial charge in [0.05, 0.1) is 36.6 Å². The summed E-state index contributed by atoms with van der Waals surface area (Å²) < 4.78 is 26.7. The number of aliphatic hydroxyl groups is 1. The predicted octanol–water partition coefficient (Wildman–Crippen LogP) is 4.02. The number of methoxy groups -OCH3 is 2. The van der Waals surface area contributed by atoms with Crippen LogP contribution < -0.4 is 9.47 Å². The Balaban J connectivity index is 1.82. The molecule has 0 aliphatic carbocycles. The Morgan fingerprint density at radius 3 is 2.53 bits per heavy atom. The lowest BCUT2D eigenvalue weighted by molar-refractivity contribution is -0.139. The average Bonchev–Trinajstić information content (AvgIpc) is 3.47. The number of halogens is 2. The number of ketones is 1. The molecule has 2 aromatic carbocycles. The standard InChI is InChI=1S/C25H23BrFN3O6/c1-35-18-5-4-14(11-17(18)27)22(31)20-21(15-10-16(26)23(32)19(12-15)36-2)30(25(34)24(20)33)8-3-7-29-9-6-28-13-29/h4-6,9-13,21,31-32H,3,7-8H2,1-2H3/t21-/m0/s1. The van der Waals surface area contributed by atoms with Crippen molar-refractivity contribution in [2.75, 3.05) is 20.8 Å². The Morgan fingerprint density at radius 1 is 1.14 bits per heavy atom. The minimum atomic E-state index is -1.01. The molecular formula is C25H23BrFN3O6. The average molecular weight is 560 g/mol. The van der Waals surface area contributed by atoms with E-state index in [1.165, 1.54) is 37.3 Å². The van der Waals surface area contributed by atoms with Crippen molar-refractivity contribution in [1.82, 2.24) is 14.5 Å². The number of amides is 1. The van der Waals surface area contributed by atoms with Crippen molar-refractivity contribution in [2.24, 2.45) is 0 Å². The van der Waals surface area contributed by atoms with Gasteiger partial charge >= 0.3 is 0 Å². The zero-order chi connectivity index (χ0) is 26.0. The van der Waals surface area contributed by atoms with E-state index in [1.54, 1.807) is 24.8 Å². The van der Waals surface area contributed by atoms with Crippen molar-refractivity contribution in [3.8, 4) is 17.2 Å². The molecule has 36 heavy (non-hydrogen) atoms. The van der Waals surface area contributed by atoms with Crippen LogP contribution in [0, 0.1) is 5.82 Å². The smallest absolute Gasteiger partial charge is 0.295 e. The lowest BCUT2D eigenvalue weighted by atomic mass is 9.94. The van der Waals surface area contributed by atoms with Crippen LogP contribution in [0.5, 0.6) is 17.2 Å². The molecule has 1 atom stereocenters. The quantitative estimate of drug-likeness (QED) is 0.243. The molecule has 2 N–H and O–H groups in total. The van der Waals surface area contributed by atoms with Gasteiger partial charge in [-0.05, 0) is 58.2 Å². The van der Waals surface area contributed by atoms with Gasteiger partial charge in [0, 0.05) is 31.0 Å². The maximum Gasteiger partial charge on any atom is 0.295 e. The number of nitrogens with zero attached hydrogens (tertiary/aromatic N) is 3. The number of carbonyl (C=O) groups excluding carboxylic acids is 2. The van der Waals surface area contributed by atoms with Crippen LogP contribution in [0.4, 0.5) is 4.39 Å². The highest BCUT2D eigenvalue weighted by atomic mass is 79.9. The van der Waals surface area contributed by atoms with E-state index >= 15 is 0 Å². The van der Waals surface area contributed by atoms with Gasteiger partial charge in [-0.2, -0.15) is 0 Å². The molecule has 0 radical (unpaired) electrons. The zero-order valence-corrected chi connectivity index (χ0v) is 21.0. The molecule has 1 aromatic heterocycles. The number of hydrogen-bond acceptors (Lipinski definition) is 7. The second-order valence-electron chi connectivity index (χ2n) is 8.05. The van der Waals surface area contributed by atoms with Crippen molar-refractivity contribution in [2.45, 2.75) is 19.0 Å². The van der Waals surface area contributed by atoms with Gasteiger partial charge in [0.25, 0.3) is 11.7 Å². The molecule has 1 amide bonds. The fourth-order valence-electron chi connectivity index (χ4n) is 4.18. The number of aryl methyl sites for hydroxylation is 1. The minimum Gasteiger partial charge on any atom is -0.507 e. The van der Waals surface area contributed by atoms with E-state index in [2.05, 4.69) is 20.9 Å². The van der Waals surface area contributed by atoms with Gasteiger partial charge in [0.1, 0.15) is 5.76 Å². The first-order chi connectivity index (χ1) is 17.3. The van der Waals surface area contributed by atoms with Crippen molar-refractivity contribution in [3.05, 3.63) is 76.0 Å². The van der Waals surface area contributed by atoms with Crippen LogP contribution in [0.3, 0.4) is 0 Å². The molecule has 0 unspecified atom stereocenters. The van der Waals surface area contributed by atoms with Gasteiger partial charge in [-0.3, -0.25) is 9.59 Å². The summed E-state index contributed by atoms with van der Waals surface area (Å²) in [5, 5.41) is 21.4. The number of Topliss-reactive ketones (excluding diaryl/α,β-unsaturated/α-hetero) is 1. The lowest BCUT2D eigenvalue weighted by Gasteiger charge is -2.26. The second-order valence-corrected chi connectivity index (χ2v) is 8.90. The molecular weight excluding hydrogens is 537 g/mol. The van der Waals surface area contributed by atoms with E-state index in [4.69, 9.17) is 9.47 Å². The number of aromatic nitrogens is 2. The number of phenolic OH excluding ortho intramolecular Hbond substituents is 1. The Hall–Kier alpha value is -3.86. The molecule has 0 bridgehead atoms. The van der Waals surface area contributed by atoms with Crippen LogP contribution >= 0.6 is 15.9 Å². The van der Waals surface area contributed by atoms with E-state index in [0.717, 1.165) is 6.07 Å². The summed E-state index contributed by atoms with van der Waals surface area (Å²) in [5.41, 5.74) is 0.222. The van der Waals surface area contributed by atoms with Gasteiger partial charge in [-0.1, -0.05) is 0 Å². The molecule has 3 aromatic rings. The predicted molar refractivity (Wildman–Crippen MR) is 131 cm³/mol. The lowest BCUT2D eigenvalue weighted by Crippen LogP contribution is -2.31. The first-order valence-electron chi connectivity index (χ1n) is 10.9. The van der Waals surface area contributed by atoms with Crippen LogP contribution in [0.1, 0.15) is 23.6 Å². The van der Waals surface area contributed by atoms with E-state index in [9.17, 15) is 24.2 Å². The molecule has 11 heteroatoms. The zero-order valence-electron chi connectivity index (χ0n) is 19.4. The fourth-order valence-corrected chi connectivity index (χ4v) is 4.64. The van der Waals surface area contributed by atoms with E-state index in [0.29, 0.717) is 18.5 Å². The van der Waals surface area contributed by atoms with Crippen LogP contribution in [-0.4, -0.2) is 57.1 Å². The number of likely N-dealkylation sites (tertiary alicyclic amines) is 1. The number of hydrogen-bond donors (Lipinski definition) is 2. The summed E-state index contributed by atoms with van der Waals surface area (Å²) >= 11 is 3.27. The van der Waals surface area contributed by atoms with Gasteiger partial charge < -0.3 is 29.2 Å². The minimum absolute atomic E-state index is 0.0134. The molecule has 1 saturated heterocycles. The van der Waals surface area contributed by atoms with Gasteiger partial charge in [-0.25, -0.2) is 9.37 Å².